The van der Waals surface area contributed by atoms with E-state index in [4.69, 9.17) is 0 Å². The van der Waals surface area contributed by atoms with Gasteiger partial charge in [-0.15, -0.1) is 0 Å². The molecule has 3 heteroatoms. The fourth-order valence-corrected chi connectivity index (χ4v) is 2.90. The number of phenols is 1. The Balaban J connectivity index is 2.34. The molecule has 0 amide bonds. The maximum Gasteiger partial charge on any atom is 0.120 e. The second-order valence-electron chi connectivity index (χ2n) is 5.55. The average Bonchev–Trinajstić information content (AvgIpc) is 2.47. The van der Waals surface area contributed by atoms with Gasteiger partial charge in [-0.05, 0) is 42.2 Å². The molecule has 2 N–H and O–H groups in total. The number of rotatable bonds is 5. The van der Waals surface area contributed by atoms with Crippen LogP contribution in [0, 0.1) is 0 Å². The minimum Gasteiger partial charge on any atom is -0.508 e. The summed E-state index contributed by atoms with van der Waals surface area (Å²) in [7, 11) is 0. The summed E-state index contributed by atoms with van der Waals surface area (Å²) < 4.78 is 0.979. The van der Waals surface area contributed by atoms with Gasteiger partial charge in [0.1, 0.15) is 5.75 Å². The Bertz CT molecular complexity index is 610. The number of para-hydroxylation sites is 1. The zero-order chi connectivity index (χ0) is 15.4. The lowest BCUT2D eigenvalue weighted by atomic mass is 9.98. The van der Waals surface area contributed by atoms with Crippen molar-refractivity contribution in [3.8, 4) is 5.75 Å². The number of benzene rings is 2. The van der Waals surface area contributed by atoms with Crippen LogP contribution in [0.2, 0.25) is 0 Å². The number of hydrogen-bond acceptors (Lipinski definition) is 2. The van der Waals surface area contributed by atoms with E-state index in [9.17, 15) is 5.11 Å². The molecule has 2 rings (SSSR count). The van der Waals surface area contributed by atoms with Crippen LogP contribution in [0.5, 0.6) is 5.75 Å². The van der Waals surface area contributed by atoms with E-state index in [1.165, 1.54) is 5.56 Å². The van der Waals surface area contributed by atoms with Crippen molar-refractivity contribution >= 4 is 21.6 Å². The average molecular weight is 348 g/mol. The highest BCUT2D eigenvalue weighted by Crippen LogP contribution is 2.34. The molecule has 21 heavy (non-hydrogen) atoms. The monoisotopic (exact) mass is 347 g/mol. The van der Waals surface area contributed by atoms with E-state index in [1.54, 1.807) is 6.07 Å². The van der Waals surface area contributed by atoms with Crippen molar-refractivity contribution in [2.75, 3.05) is 5.32 Å². The second kappa shape index (κ2) is 6.99. The molecule has 2 aromatic rings. The van der Waals surface area contributed by atoms with Gasteiger partial charge in [-0.3, -0.25) is 0 Å². The molecule has 0 radical (unpaired) electrons. The third-order valence-electron chi connectivity index (χ3n) is 3.69. The molecule has 0 saturated carbocycles. The van der Waals surface area contributed by atoms with Crippen LogP contribution in [0.3, 0.4) is 0 Å². The molecule has 0 saturated heterocycles. The summed E-state index contributed by atoms with van der Waals surface area (Å²) in [6.07, 6.45) is 0.899. The van der Waals surface area contributed by atoms with E-state index >= 15 is 0 Å². The van der Waals surface area contributed by atoms with Gasteiger partial charge < -0.3 is 10.4 Å². The smallest absolute Gasteiger partial charge is 0.120 e. The number of anilines is 1. The molecule has 2 nitrogen and oxygen atoms in total. The lowest BCUT2D eigenvalue weighted by Crippen LogP contribution is -2.12. The summed E-state index contributed by atoms with van der Waals surface area (Å²) in [5, 5.41) is 13.7. The van der Waals surface area contributed by atoms with E-state index in [1.807, 2.05) is 18.2 Å². The first-order valence-corrected chi connectivity index (χ1v) is 8.16. The van der Waals surface area contributed by atoms with Crippen molar-refractivity contribution in [3.63, 3.8) is 0 Å². The minimum absolute atomic E-state index is 0.0856. The van der Waals surface area contributed by atoms with Gasteiger partial charge in [0.25, 0.3) is 0 Å². The van der Waals surface area contributed by atoms with E-state index in [0.717, 1.165) is 22.1 Å². The molecule has 1 atom stereocenters. The van der Waals surface area contributed by atoms with E-state index in [2.05, 4.69) is 60.2 Å². The summed E-state index contributed by atoms with van der Waals surface area (Å²) >= 11 is 3.48. The molecule has 0 aliphatic carbocycles. The van der Waals surface area contributed by atoms with Gasteiger partial charge in [-0.1, -0.05) is 54.9 Å². The van der Waals surface area contributed by atoms with Crippen molar-refractivity contribution in [1.82, 2.24) is 0 Å². The number of hydrogen-bond donors (Lipinski definition) is 2. The Hall–Kier alpha value is -1.48. The predicted molar refractivity (Wildman–Crippen MR) is 93.0 cm³/mol. The SMILES string of the molecule is CCC(Nc1ccccc1C(C)C)c1cc(Br)ccc1O. The molecule has 0 aliphatic rings. The van der Waals surface area contributed by atoms with Crippen molar-refractivity contribution in [2.45, 2.75) is 39.2 Å². The summed E-state index contributed by atoms with van der Waals surface area (Å²) in [4.78, 5) is 0. The molecule has 0 spiro atoms. The summed E-state index contributed by atoms with van der Waals surface area (Å²) in [5.74, 6) is 0.793. The number of aromatic hydroxyl groups is 1. The van der Waals surface area contributed by atoms with Crippen molar-refractivity contribution < 1.29 is 5.11 Å². The second-order valence-corrected chi connectivity index (χ2v) is 6.47. The fourth-order valence-electron chi connectivity index (χ4n) is 2.52. The highest BCUT2D eigenvalue weighted by Gasteiger charge is 2.16. The van der Waals surface area contributed by atoms with Crippen LogP contribution in [-0.2, 0) is 0 Å². The first kappa shape index (κ1) is 15.9. The van der Waals surface area contributed by atoms with Crippen molar-refractivity contribution in [2.24, 2.45) is 0 Å². The topological polar surface area (TPSA) is 32.3 Å². The molecule has 0 bridgehead atoms. The number of phenolic OH excluding ortho intramolecular Hbond substituents is 1. The normalized spacial score (nSPS) is 12.4. The van der Waals surface area contributed by atoms with Crippen LogP contribution in [0.1, 0.15) is 50.3 Å². The predicted octanol–water partition coefficient (Wildman–Crippen LogP) is 5.84. The van der Waals surface area contributed by atoms with Crippen LogP contribution in [-0.4, -0.2) is 5.11 Å². The zero-order valence-electron chi connectivity index (χ0n) is 12.7. The lowest BCUT2D eigenvalue weighted by molar-refractivity contribution is 0.462. The van der Waals surface area contributed by atoms with Gasteiger partial charge >= 0.3 is 0 Å². The van der Waals surface area contributed by atoms with Gasteiger partial charge in [0, 0.05) is 15.7 Å². The van der Waals surface area contributed by atoms with Gasteiger partial charge in [0.15, 0.2) is 0 Å². The van der Waals surface area contributed by atoms with Crippen LogP contribution in [0.15, 0.2) is 46.9 Å². The highest BCUT2D eigenvalue weighted by atomic mass is 79.9. The third kappa shape index (κ3) is 3.79. The van der Waals surface area contributed by atoms with E-state index in [0.29, 0.717) is 11.7 Å². The summed E-state index contributed by atoms with van der Waals surface area (Å²) in [6, 6.07) is 14.0. The Kier molecular flexibility index (Phi) is 5.29. The standard InChI is InChI=1S/C18H22BrNO/c1-4-16(15-11-13(19)9-10-18(15)21)20-17-8-6-5-7-14(17)12(2)3/h5-12,16,20-21H,4H2,1-3H3. The van der Waals surface area contributed by atoms with Crippen LogP contribution in [0.4, 0.5) is 5.69 Å². The fraction of sp³-hybridized carbons (Fsp3) is 0.333. The molecule has 2 aromatic carbocycles. The number of halogens is 1. The Morgan fingerprint density at radius 1 is 1.10 bits per heavy atom. The molecule has 0 aliphatic heterocycles. The largest absolute Gasteiger partial charge is 0.508 e. The van der Waals surface area contributed by atoms with Crippen LogP contribution >= 0.6 is 15.9 Å². The van der Waals surface area contributed by atoms with Crippen molar-refractivity contribution in [1.29, 1.82) is 0 Å². The van der Waals surface area contributed by atoms with Gasteiger partial charge in [0.2, 0.25) is 0 Å². The lowest BCUT2D eigenvalue weighted by Gasteiger charge is -2.23. The minimum atomic E-state index is 0.0856. The Labute approximate surface area is 135 Å². The Morgan fingerprint density at radius 2 is 1.81 bits per heavy atom. The number of nitrogens with one attached hydrogen (secondary N) is 1. The van der Waals surface area contributed by atoms with E-state index in [-0.39, 0.29) is 6.04 Å². The van der Waals surface area contributed by atoms with Gasteiger partial charge in [-0.25, -0.2) is 0 Å². The molecule has 0 fully saturated rings. The quantitative estimate of drug-likeness (QED) is 0.711. The third-order valence-corrected chi connectivity index (χ3v) is 4.18. The van der Waals surface area contributed by atoms with Crippen molar-refractivity contribution in [3.05, 3.63) is 58.1 Å². The molecular formula is C18H22BrNO. The maximum absolute atomic E-state index is 10.1. The van der Waals surface area contributed by atoms with Crippen LogP contribution in [0.25, 0.3) is 0 Å². The molecule has 0 aromatic heterocycles. The Morgan fingerprint density at radius 3 is 2.48 bits per heavy atom. The molecular weight excluding hydrogens is 326 g/mol. The van der Waals surface area contributed by atoms with E-state index < -0.39 is 0 Å². The highest BCUT2D eigenvalue weighted by molar-refractivity contribution is 9.10. The molecule has 0 heterocycles. The summed E-state index contributed by atoms with van der Waals surface area (Å²) in [6.45, 7) is 6.51. The first-order valence-electron chi connectivity index (χ1n) is 7.36. The van der Waals surface area contributed by atoms with Gasteiger partial charge in [0.05, 0.1) is 6.04 Å². The maximum atomic E-state index is 10.1. The van der Waals surface area contributed by atoms with Crippen LogP contribution < -0.4 is 5.32 Å². The first-order chi connectivity index (χ1) is 10.0. The molecule has 112 valence electrons. The summed E-state index contributed by atoms with van der Waals surface area (Å²) in [5.41, 5.74) is 3.36. The zero-order valence-corrected chi connectivity index (χ0v) is 14.3. The molecule has 1 unspecified atom stereocenters. The van der Waals surface area contributed by atoms with Gasteiger partial charge in [-0.2, -0.15) is 0 Å².